The smallest absolute Gasteiger partial charge is 0.250 e. The lowest BCUT2D eigenvalue weighted by Gasteiger charge is -2.45. The number of carbonyl (C=O) groups is 2. The molecule has 180 valence electrons. The van der Waals surface area contributed by atoms with Crippen LogP contribution in [0.1, 0.15) is 57.8 Å². The Kier molecular flexibility index (Phi) is 6.35. The van der Waals surface area contributed by atoms with Crippen molar-refractivity contribution in [3.8, 4) is 0 Å². The number of fused-ring (bicyclic) bond motifs is 3. The fourth-order valence-corrected chi connectivity index (χ4v) is 7.23. The summed E-state index contributed by atoms with van der Waals surface area (Å²) in [4.78, 5) is 32.6. The van der Waals surface area contributed by atoms with Gasteiger partial charge in [0, 0.05) is 32.7 Å². The van der Waals surface area contributed by atoms with E-state index in [0.717, 1.165) is 83.1 Å². The third-order valence-corrected chi connectivity index (χ3v) is 9.45. The molecule has 3 fully saturated rings. The molecule has 8 nitrogen and oxygen atoms in total. The van der Waals surface area contributed by atoms with Gasteiger partial charge in [-0.15, -0.1) is 0 Å². The van der Waals surface area contributed by atoms with Gasteiger partial charge in [-0.05, 0) is 63.1 Å². The molecule has 0 saturated carbocycles. The van der Waals surface area contributed by atoms with E-state index in [-0.39, 0.29) is 29.3 Å². The van der Waals surface area contributed by atoms with Crippen LogP contribution in [0.25, 0.3) is 0 Å². The Bertz CT molecular complexity index is 1010. The number of hydrogen-bond acceptors (Lipinski definition) is 5. The zero-order chi connectivity index (χ0) is 23.0. The Morgan fingerprint density at radius 3 is 2.24 bits per heavy atom. The summed E-state index contributed by atoms with van der Waals surface area (Å²) in [5, 5.41) is 0. The summed E-state index contributed by atoms with van der Waals surface area (Å²) < 4.78 is 28.0. The van der Waals surface area contributed by atoms with Gasteiger partial charge in [0.25, 0.3) is 0 Å². The Morgan fingerprint density at radius 2 is 1.52 bits per heavy atom. The molecule has 4 aliphatic rings. The number of benzene rings is 1. The van der Waals surface area contributed by atoms with Gasteiger partial charge in [0.05, 0.1) is 16.3 Å². The molecule has 9 heteroatoms. The van der Waals surface area contributed by atoms with Crippen molar-refractivity contribution in [1.29, 1.82) is 0 Å². The number of rotatable bonds is 4. The minimum atomic E-state index is -3.61. The Hall–Kier alpha value is -2.13. The Balaban J connectivity index is 1.50. The lowest BCUT2D eigenvalue weighted by atomic mass is 9.96. The summed E-state index contributed by atoms with van der Waals surface area (Å²) in [7, 11) is -3.61. The molecule has 5 rings (SSSR count). The van der Waals surface area contributed by atoms with Gasteiger partial charge in [-0.2, -0.15) is 4.31 Å². The normalized spacial score (nSPS) is 24.4. The molecule has 1 aromatic rings. The maximum Gasteiger partial charge on any atom is 0.250 e. The molecule has 4 aliphatic heterocycles. The SMILES string of the molecule is O=C(CN1C(=O)C2CCCCN2c2ccc(S(=O)(=O)N3CCCC3)cc21)N1CCCCCC1. The highest BCUT2D eigenvalue weighted by Gasteiger charge is 2.41. The van der Waals surface area contributed by atoms with Crippen LogP contribution in [0.2, 0.25) is 0 Å². The van der Waals surface area contributed by atoms with Crippen LogP contribution in [0.4, 0.5) is 11.4 Å². The molecule has 33 heavy (non-hydrogen) atoms. The maximum absolute atomic E-state index is 13.6. The molecule has 0 bridgehead atoms. The van der Waals surface area contributed by atoms with E-state index in [1.54, 1.807) is 17.0 Å². The average molecular weight is 475 g/mol. The van der Waals surface area contributed by atoms with Crippen LogP contribution >= 0.6 is 0 Å². The van der Waals surface area contributed by atoms with E-state index in [4.69, 9.17) is 0 Å². The van der Waals surface area contributed by atoms with Crippen molar-refractivity contribution in [3.05, 3.63) is 18.2 Å². The molecule has 4 heterocycles. The number of anilines is 2. The second-order valence-corrected chi connectivity index (χ2v) is 11.6. The van der Waals surface area contributed by atoms with Gasteiger partial charge in [0.2, 0.25) is 21.8 Å². The van der Waals surface area contributed by atoms with E-state index >= 15 is 0 Å². The van der Waals surface area contributed by atoms with E-state index in [0.29, 0.717) is 18.8 Å². The number of hydrogen-bond donors (Lipinski definition) is 0. The largest absolute Gasteiger partial charge is 0.358 e. The van der Waals surface area contributed by atoms with Crippen LogP contribution < -0.4 is 9.80 Å². The zero-order valence-electron chi connectivity index (χ0n) is 19.2. The first-order valence-corrected chi connectivity index (χ1v) is 13.9. The molecule has 0 spiro atoms. The first-order valence-electron chi connectivity index (χ1n) is 12.5. The number of piperidine rings is 1. The van der Waals surface area contributed by atoms with Crippen LogP contribution in [-0.2, 0) is 19.6 Å². The van der Waals surface area contributed by atoms with Gasteiger partial charge in [-0.1, -0.05) is 12.8 Å². The molecule has 3 saturated heterocycles. The monoisotopic (exact) mass is 474 g/mol. The fourth-order valence-electron chi connectivity index (χ4n) is 5.69. The standard InChI is InChI=1S/C24H34N4O4S/c29-23(25-12-4-1-2-5-13-25)18-28-22-17-19(33(31,32)26-14-7-8-15-26)10-11-20(22)27-16-6-3-9-21(27)24(28)30/h10-11,17,21H,1-9,12-16,18H2. The van der Waals surface area contributed by atoms with Gasteiger partial charge in [0.15, 0.2) is 0 Å². The molecule has 0 radical (unpaired) electrons. The average Bonchev–Trinajstić information content (AvgIpc) is 3.25. The fraction of sp³-hybridized carbons (Fsp3) is 0.667. The zero-order valence-corrected chi connectivity index (χ0v) is 20.1. The van der Waals surface area contributed by atoms with E-state index < -0.39 is 10.0 Å². The molecule has 1 aromatic carbocycles. The van der Waals surface area contributed by atoms with Crippen molar-refractivity contribution in [2.24, 2.45) is 0 Å². The lowest BCUT2D eigenvalue weighted by Crippen LogP contribution is -2.57. The highest BCUT2D eigenvalue weighted by Crippen LogP contribution is 2.41. The summed E-state index contributed by atoms with van der Waals surface area (Å²) in [6, 6.07) is 4.86. The second kappa shape index (κ2) is 9.25. The molecule has 0 aliphatic carbocycles. The summed E-state index contributed by atoms with van der Waals surface area (Å²) >= 11 is 0. The first kappa shape index (κ1) is 22.7. The molecular formula is C24H34N4O4S. The van der Waals surface area contributed by atoms with Crippen molar-refractivity contribution >= 4 is 33.2 Å². The van der Waals surface area contributed by atoms with Crippen LogP contribution in [0.5, 0.6) is 0 Å². The summed E-state index contributed by atoms with van der Waals surface area (Å²) in [6.07, 6.45) is 8.73. The van der Waals surface area contributed by atoms with E-state index in [9.17, 15) is 18.0 Å². The van der Waals surface area contributed by atoms with E-state index in [1.807, 2.05) is 11.0 Å². The number of carbonyl (C=O) groups excluding carboxylic acids is 2. The van der Waals surface area contributed by atoms with Gasteiger partial charge < -0.3 is 9.80 Å². The van der Waals surface area contributed by atoms with Crippen LogP contribution in [0.15, 0.2) is 23.1 Å². The van der Waals surface area contributed by atoms with E-state index in [1.165, 1.54) is 4.31 Å². The minimum absolute atomic E-state index is 0.0244. The van der Waals surface area contributed by atoms with Crippen molar-refractivity contribution in [3.63, 3.8) is 0 Å². The van der Waals surface area contributed by atoms with Gasteiger partial charge in [-0.3, -0.25) is 14.5 Å². The van der Waals surface area contributed by atoms with Crippen molar-refractivity contribution in [1.82, 2.24) is 9.21 Å². The number of amides is 2. The van der Waals surface area contributed by atoms with Gasteiger partial charge in [-0.25, -0.2) is 8.42 Å². The topological polar surface area (TPSA) is 81.2 Å². The highest BCUT2D eigenvalue weighted by atomic mass is 32.2. The third-order valence-electron chi connectivity index (χ3n) is 7.56. The van der Waals surface area contributed by atoms with Crippen molar-refractivity contribution in [2.75, 3.05) is 49.1 Å². The predicted molar refractivity (Wildman–Crippen MR) is 127 cm³/mol. The molecule has 0 N–H and O–H groups in total. The number of nitrogens with zero attached hydrogens (tertiary/aromatic N) is 4. The van der Waals surface area contributed by atoms with Crippen molar-refractivity contribution < 1.29 is 18.0 Å². The predicted octanol–water partition coefficient (Wildman–Crippen LogP) is 2.58. The van der Waals surface area contributed by atoms with Crippen LogP contribution in [-0.4, -0.2) is 74.7 Å². The molecule has 0 aromatic heterocycles. The van der Waals surface area contributed by atoms with Gasteiger partial charge >= 0.3 is 0 Å². The highest BCUT2D eigenvalue weighted by molar-refractivity contribution is 7.89. The third kappa shape index (κ3) is 4.25. The molecular weight excluding hydrogens is 440 g/mol. The number of sulfonamides is 1. The van der Waals surface area contributed by atoms with E-state index in [2.05, 4.69) is 4.90 Å². The lowest BCUT2D eigenvalue weighted by molar-refractivity contribution is -0.131. The number of likely N-dealkylation sites (tertiary alicyclic amines) is 1. The molecule has 2 amide bonds. The second-order valence-electron chi connectivity index (χ2n) is 9.69. The first-order chi connectivity index (χ1) is 16.0. The van der Waals surface area contributed by atoms with Crippen LogP contribution in [0, 0.1) is 0 Å². The summed E-state index contributed by atoms with van der Waals surface area (Å²) in [5.41, 5.74) is 1.42. The minimum Gasteiger partial charge on any atom is -0.358 e. The van der Waals surface area contributed by atoms with Crippen LogP contribution in [0.3, 0.4) is 0 Å². The quantitative estimate of drug-likeness (QED) is 0.670. The maximum atomic E-state index is 13.6. The Morgan fingerprint density at radius 1 is 0.848 bits per heavy atom. The molecule has 1 atom stereocenters. The Labute approximate surface area is 196 Å². The van der Waals surface area contributed by atoms with Crippen molar-refractivity contribution in [2.45, 2.75) is 68.7 Å². The van der Waals surface area contributed by atoms with Gasteiger partial charge in [0.1, 0.15) is 12.6 Å². The summed E-state index contributed by atoms with van der Waals surface area (Å²) in [5.74, 6) is -0.130. The molecule has 1 unspecified atom stereocenters. The summed E-state index contributed by atoms with van der Waals surface area (Å²) in [6.45, 7) is 3.27.